The quantitative estimate of drug-likeness (QED) is 0.275. The fourth-order valence-corrected chi connectivity index (χ4v) is 5.69. The monoisotopic (exact) mass is 594 g/mol. The highest BCUT2D eigenvalue weighted by Gasteiger charge is 2.36. The molecule has 2 aromatic heterocycles. The lowest BCUT2D eigenvalue weighted by molar-refractivity contribution is -0.131. The molecule has 0 aliphatic carbocycles. The molecule has 5 rings (SSSR count). The molecule has 228 valence electrons. The molecule has 2 aliphatic heterocycles. The van der Waals surface area contributed by atoms with E-state index in [0.29, 0.717) is 50.1 Å². The van der Waals surface area contributed by atoms with Gasteiger partial charge in [0.1, 0.15) is 23.5 Å². The number of hydrogen-bond acceptors (Lipinski definition) is 9. The number of hydrogen-bond donors (Lipinski definition) is 4. The zero-order valence-corrected chi connectivity index (χ0v) is 24.3. The molecule has 11 nitrogen and oxygen atoms in total. The third-order valence-corrected chi connectivity index (χ3v) is 7.80. The summed E-state index contributed by atoms with van der Waals surface area (Å²) >= 11 is 0. The molecular weight excluding hydrogens is 558 g/mol. The molecule has 2 fully saturated rings. The summed E-state index contributed by atoms with van der Waals surface area (Å²) in [6, 6.07) is 3.75. The van der Waals surface area contributed by atoms with Crippen LogP contribution in [0, 0.1) is 23.0 Å². The Hall–Kier alpha value is -4.36. The molecule has 1 aromatic carbocycles. The summed E-state index contributed by atoms with van der Waals surface area (Å²) in [5.74, 6) is -1.17. The molecule has 4 atom stereocenters. The number of amides is 1. The minimum atomic E-state index is -0.884. The number of piperidine rings is 1. The van der Waals surface area contributed by atoms with Gasteiger partial charge in [0, 0.05) is 57.9 Å². The van der Waals surface area contributed by atoms with Crippen molar-refractivity contribution in [3.8, 4) is 5.75 Å². The fourth-order valence-electron chi connectivity index (χ4n) is 5.69. The molecule has 0 radical (unpaired) electrons. The first-order valence-corrected chi connectivity index (χ1v) is 14.1. The van der Waals surface area contributed by atoms with Crippen LogP contribution in [0.2, 0.25) is 0 Å². The molecule has 3 aromatic rings. The number of halogens is 2. The minimum absolute atomic E-state index is 0.0157. The van der Waals surface area contributed by atoms with Gasteiger partial charge in [-0.05, 0) is 24.1 Å². The van der Waals surface area contributed by atoms with E-state index >= 15 is 0 Å². The smallest absolute Gasteiger partial charge is 0.219 e. The Kier molecular flexibility index (Phi) is 9.02. The number of ether oxygens (including phenoxy) is 2. The van der Waals surface area contributed by atoms with Gasteiger partial charge in [0.15, 0.2) is 0 Å². The average Bonchev–Trinajstić information content (AvgIpc) is 3.63. The highest BCUT2D eigenvalue weighted by molar-refractivity contribution is 6.09. The molecule has 4 unspecified atom stereocenters. The SMILES string of the molecule is CC(=O)N(C)C1C(C)CN(c2ccncc2Nc2ncc(/C=C\C(=N)c3c(F)cc(OC4CCOC4)cc3F)[nH]2)CC1N. The van der Waals surface area contributed by atoms with Crippen molar-refractivity contribution in [3.63, 3.8) is 0 Å². The van der Waals surface area contributed by atoms with Crippen molar-refractivity contribution in [2.75, 3.05) is 43.6 Å². The normalized spacial score (nSPS) is 22.1. The molecule has 0 spiro atoms. The van der Waals surface area contributed by atoms with Crippen LogP contribution in [0.5, 0.6) is 5.75 Å². The van der Waals surface area contributed by atoms with Crippen LogP contribution in [0.25, 0.3) is 6.08 Å². The van der Waals surface area contributed by atoms with Crippen LogP contribution >= 0.6 is 0 Å². The molecular formula is C30H36F2N8O3. The summed E-state index contributed by atoms with van der Waals surface area (Å²) in [7, 11) is 1.79. The largest absolute Gasteiger partial charge is 0.488 e. The van der Waals surface area contributed by atoms with Crippen molar-refractivity contribution in [2.45, 2.75) is 38.5 Å². The molecule has 2 aliphatic rings. The predicted octanol–water partition coefficient (Wildman–Crippen LogP) is 3.71. The Morgan fingerprint density at radius 1 is 1.30 bits per heavy atom. The zero-order valence-electron chi connectivity index (χ0n) is 24.3. The summed E-state index contributed by atoms with van der Waals surface area (Å²) in [6.45, 7) is 5.79. The average molecular weight is 595 g/mol. The number of benzene rings is 1. The van der Waals surface area contributed by atoms with E-state index in [4.69, 9.17) is 20.6 Å². The Bertz CT molecular complexity index is 1470. The second-order valence-electron chi connectivity index (χ2n) is 11.0. The van der Waals surface area contributed by atoms with E-state index < -0.39 is 17.2 Å². The number of aromatic amines is 1. The van der Waals surface area contributed by atoms with Gasteiger partial charge < -0.3 is 40.7 Å². The van der Waals surface area contributed by atoms with Crippen LogP contribution in [0.3, 0.4) is 0 Å². The van der Waals surface area contributed by atoms with Crippen LogP contribution < -0.4 is 20.7 Å². The standard InChI is InChI=1S/C30H36F2N8O3/c1-17-14-40(15-25(34)29(17)39(3)18(2)41)27-6-8-35-13-26(27)38-30-36-12-19(37-30)4-5-24(33)28-22(31)10-21(11-23(28)32)43-20-7-9-42-16-20/h4-6,8,10-13,17,20,25,29,33H,7,9,14-16,34H2,1-3H3,(H2,36,37,38)/b5-4-,33-24?. The van der Waals surface area contributed by atoms with E-state index in [1.807, 2.05) is 6.07 Å². The molecule has 2 saturated heterocycles. The molecule has 1 amide bonds. The Labute approximate surface area is 248 Å². The number of imidazole rings is 1. The summed E-state index contributed by atoms with van der Waals surface area (Å²) in [5.41, 5.74) is 7.84. The number of nitrogens with one attached hydrogen (secondary N) is 3. The number of allylic oxidation sites excluding steroid dienone is 1. The number of aromatic nitrogens is 3. The van der Waals surface area contributed by atoms with Gasteiger partial charge in [0.2, 0.25) is 11.9 Å². The maximum atomic E-state index is 14.8. The van der Waals surface area contributed by atoms with E-state index in [1.165, 1.54) is 18.3 Å². The number of likely N-dealkylation sites (N-methyl/N-ethyl adjacent to an activating group) is 1. The topological polar surface area (TPSA) is 145 Å². The number of carbonyl (C=O) groups is 1. The molecule has 0 saturated carbocycles. The molecule has 13 heteroatoms. The zero-order chi connectivity index (χ0) is 30.7. The van der Waals surface area contributed by atoms with Gasteiger partial charge in [-0.1, -0.05) is 6.92 Å². The van der Waals surface area contributed by atoms with E-state index in [2.05, 4.69) is 32.1 Å². The van der Waals surface area contributed by atoms with Gasteiger partial charge in [0.25, 0.3) is 0 Å². The third-order valence-electron chi connectivity index (χ3n) is 7.80. The molecule has 0 bridgehead atoms. The highest BCUT2D eigenvalue weighted by Crippen LogP contribution is 2.32. The van der Waals surface area contributed by atoms with Crippen molar-refractivity contribution in [3.05, 3.63) is 65.8 Å². The first kappa shape index (κ1) is 30.1. The third kappa shape index (κ3) is 6.83. The van der Waals surface area contributed by atoms with Crippen molar-refractivity contribution in [1.82, 2.24) is 19.9 Å². The van der Waals surface area contributed by atoms with Crippen LogP contribution in [-0.4, -0.2) is 83.0 Å². The number of rotatable bonds is 9. The number of carbonyl (C=O) groups excluding carboxylic acids is 1. The van der Waals surface area contributed by atoms with E-state index in [0.717, 1.165) is 17.8 Å². The summed E-state index contributed by atoms with van der Waals surface area (Å²) in [4.78, 5) is 27.5. The number of pyridine rings is 1. The number of H-pyrrole nitrogens is 1. The lowest BCUT2D eigenvalue weighted by Gasteiger charge is -2.46. The van der Waals surface area contributed by atoms with Gasteiger partial charge in [-0.15, -0.1) is 0 Å². The maximum Gasteiger partial charge on any atom is 0.219 e. The molecule has 43 heavy (non-hydrogen) atoms. The van der Waals surface area contributed by atoms with Gasteiger partial charge in [-0.2, -0.15) is 0 Å². The fraction of sp³-hybridized carbons (Fsp3) is 0.400. The van der Waals surface area contributed by atoms with Crippen LogP contribution in [0.1, 0.15) is 31.5 Å². The number of nitrogens with two attached hydrogens (primary N) is 1. The van der Waals surface area contributed by atoms with Crippen molar-refractivity contribution >= 4 is 35.0 Å². The minimum Gasteiger partial charge on any atom is -0.488 e. The number of anilines is 3. The van der Waals surface area contributed by atoms with E-state index in [-0.39, 0.29) is 41.5 Å². The lowest BCUT2D eigenvalue weighted by Crippen LogP contribution is -2.62. The first-order valence-electron chi connectivity index (χ1n) is 14.1. The van der Waals surface area contributed by atoms with E-state index in [9.17, 15) is 13.6 Å². The first-order chi connectivity index (χ1) is 20.6. The van der Waals surface area contributed by atoms with Crippen molar-refractivity contribution < 1.29 is 23.0 Å². The van der Waals surface area contributed by atoms with Crippen molar-refractivity contribution in [2.24, 2.45) is 11.7 Å². The van der Waals surface area contributed by atoms with Gasteiger partial charge >= 0.3 is 0 Å². The van der Waals surface area contributed by atoms with E-state index in [1.54, 1.807) is 31.3 Å². The van der Waals surface area contributed by atoms with Crippen LogP contribution in [0.4, 0.5) is 26.1 Å². The Morgan fingerprint density at radius 3 is 2.74 bits per heavy atom. The second kappa shape index (κ2) is 12.9. The molecule has 5 N–H and O–H groups in total. The highest BCUT2D eigenvalue weighted by atomic mass is 19.1. The maximum absolute atomic E-state index is 14.8. The summed E-state index contributed by atoms with van der Waals surface area (Å²) in [6.07, 6.45) is 8.14. The van der Waals surface area contributed by atoms with Gasteiger partial charge in [0.05, 0.1) is 60.0 Å². The predicted molar refractivity (Wildman–Crippen MR) is 160 cm³/mol. The molecule has 4 heterocycles. The lowest BCUT2D eigenvalue weighted by atomic mass is 9.88. The van der Waals surface area contributed by atoms with Crippen LogP contribution in [0.15, 0.2) is 42.9 Å². The Morgan fingerprint density at radius 2 is 2.07 bits per heavy atom. The second-order valence-corrected chi connectivity index (χ2v) is 11.0. The van der Waals surface area contributed by atoms with Gasteiger partial charge in [-0.3, -0.25) is 9.78 Å². The number of nitrogens with zero attached hydrogens (tertiary/aromatic N) is 4. The summed E-state index contributed by atoms with van der Waals surface area (Å²) < 4.78 is 40.3. The Balaban J connectivity index is 1.25. The van der Waals surface area contributed by atoms with Gasteiger partial charge in [-0.25, -0.2) is 13.8 Å². The van der Waals surface area contributed by atoms with Crippen LogP contribution in [-0.2, 0) is 9.53 Å². The van der Waals surface area contributed by atoms with Crippen molar-refractivity contribution in [1.29, 1.82) is 5.41 Å². The summed E-state index contributed by atoms with van der Waals surface area (Å²) in [5, 5.41) is 11.5.